The molecule has 14 heteroatoms. The molecule has 4 rings (SSSR count). The minimum absolute atomic E-state index is 0.0179. The normalized spacial score (nSPS) is 18.5. The van der Waals surface area contributed by atoms with E-state index in [4.69, 9.17) is 9.26 Å². The third-order valence-corrected chi connectivity index (χ3v) is 10.0. The van der Waals surface area contributed by atoms with Gasteiger partial charge in [-0.05, 0) is 44.4 Å². The Bertz CT molecular complexity index is 1450. The average Bonchev–Trinajstić information content (AvgIpc) is 3.57. The lowest BCUT2D eigenvalue weighted by molar-refractivity contribution is 0.0389. The number of amides is 3. The minimum Gasteiger partial charge on any atom is -0.486 e. The van der Waals surface area contributed by atoms with E-state index >= 15 is 0 Å². The number of carbonyl (C=O) groups is 2. The van der Waals surface area contributed by atoms with Crippen LogP contribution in [0.1, 0.15) is 35.7 Å². The number of aliphatic hydroxyl groups excluding tert-OH is 1. The Balaban J connectivity index is 1.70. The second-order valence-electron chi connectivity index (χ2n) is 9.80. The number of anilines is 2. The number of aryl methyl sites for hydroxylation is 2. The monoisotopic (exact) mass is 591 g/mol. The van der Waals surface area contributed by atoms with E-state index in [0.717, 1.165) is 11.3 Å². The number of ether oxygens (including phenoxy) is 1. The highest BCUT2D eigenvalue weighted by molar-refractivity contribution is 7.91. The first-order valence-corrected chi connectivity index (χ1v) is 15.0. The molecule has 0 bridgehead atoms. The highest BCUT2D eigenvalue weighted by Crippen LogP contribution is 2.35. The molecular formula is C26H33N5O7S2. The second-order valence-corrected chi connectivity index (χ2v) is 13.0. The van der Waals surface area contributed by atoms with Crippen molar-refractivity contribution in [3.63, 3.8) is 0 Å². The van der Waals surface area contributed by atoms with Crippen molar-refractivity contribution < 1.29 is 32.4 Å². The van der Waals surface area contributed by atoms with Gasteiger partial charge in [0.1, 0.15) is 21.7 Å². The number of hydrogen-bond acceptors (Lipinski definition) is 9. The van der Waals surface area contributed by atoms with Gasteiger partial charge in [0, 0.05) is 19.5 Å². The van der Waals surface area contributed by atoms with Crippen LogP contribution in [0.5, 0.6) is 5.75 Å². The molecule has 1 aliphatic rings. The molecule has 0 radical (unpaired) electrons. The predicted octanol–water partition coefficient (Wildman–Crippen LogP) is 3.54. The number of aromatic nitrogens is 1. The molecule has 40 heavy (non-hydrogen) atoms. The number of nitrogens with one attached hydrogen (secondary N) is 2. The molecule has 3 N–H and O–H groups in total. The fourth-order valence-electron chi connectivity index (χ4n) is 4.40. The lowest BCUT2D eigenvalue weighted by Gasteiger charge is -2.38. The van der Waals surface area contributed by atoms with Gasteiger partial charge in [0.15, 0.2) is 11.5 Å². The standard InChI is InChI=1S/C26H33N5O7S2/c1-15-12-31(16(2)14-32)25(33)19-8-6-9-20(27-26(34)28-23-17(3)29-38-18(23)4)24(19)37-21(15)13-30(5)40(35,36)22-10-7-11-39-22/h6-11,15-16,21,32H,12-14H2,1-5H3,(H2,27,28,34)/t15-,16-,21+/m0/s1. The number of nitrogens with zero attached hydrogens (tertiary/aromatic N) is 3. The third kappa shape index (κ3) is 5.99. The van der Waals surface area contributed by atoms with Crippen LogP contribution in [0.3, 0.4) is 0 Å². The summed E-state index contributed by atoms with van der Waals surface area (Å²) in [4.78, 5) is 28.1. The topological polar surface area (TPSA) is 154 Å². The second kappa shape index (κ2) is 12.0. The molecular weight excluding hydrogens is 558 g/mol. The molecule has 216 valence electrons. The van der Waals surface area contributed by atoms with E-state index in [2.05, 4.69) is 15.8 Å². The zero-order valence-electron chi connectivity index (χ0n) is 22.9. The van der Waals surface area contributed by atoms with Gasteiger partial charge in [-0.3, -0.25) is 4.79 Å². The summed E-state index contributed by atoms with van der Waals surface area (Å²) in [6, 6.07) is 6.87. The molecule has 0 saturated carbocycles. The van der Waals surface area contributed by atoms with Gasteiger partial charge in [0.05, 0.1) is 30.4 Å². The summed E-state index contributed by atoms with van der Waals surface area (Å²) in [5.74, 6) is -0.178. The van der Waals surface area contributed by atoms with Crippen LogP contribution in [-0.4, -0.2) is 78.7 Å². The lowest BCUT2D eigenvalue weighted by atomic mass is 9.99. The number of thiophene rings is 1. The van der Waals surface area contributed by atoms with Gasteiger partial charge in [-0.2, -0.15) is 4.31 Å². The first-order valence-electron chi connectivity index (χ1n) is 12.7. The number of likely N-dealkylation sites (N-methyl/N-ethyl adjacent to an activating group) is 1. The molecule has 2 aromatic heterocycles. The quantitative estimate of drug-likeness (QED) is 0.359. The first-order chi connectivity index (χ1) is 18.9. The highest BCUT2D eigenvalue weighted by atomic mass is 32.2. The fourth-order valence-corrected chi connectivity index (χ4v) is 6.79. The van der Waals surface area contributed by atoms with Crippen LogP contribution in [0, 0.1) is 19.8 Å². The number of rotatable bonds is 8. The van der Waals surface area contributed by atoms with Crippen molar-refractivity contribution >= 4 is 44.7 Å². The number of sulfonamides is 1. The zero-order valence-corrected chi connectivity index (χ0v) is 24.5. The summed E-state index contributed by atoms with van der Waals surface area (Å²) < 4.78 is 39.3. The van der Waals surface area contributed by atoms with Crippen LogP contribution >= 0.6 is 11.3 Å². The summed E-state index contributed by atoms with van der Waals surface area (Å²) in [5.41, 5.74) is 1.31. The number of para-hydroxylation sites is 1. The number of hydrogen-bond donors (Lipinski definition) is 3. The Labute approximate surface area is 237 Å². The van der Waals surface area contributed by atoms with Gasteiger partial charge in [-0.25, -0.2) is 13.2 Å². The van der Waals surface area contributed by atoms with E-state index in [0.29, 0.717) is 17.1 Å². The zero-order chi connectivity index (χ0) is 29.2. The molecule has 0 saturated heterocycles. The van der Waals surface area contributed by atoms with Gasteiger partial charge in [0.25, 0.3) is 15.9 Å². The average molecular weight is 592 g/mol. The van der Waals surface area contributed by atoms with Crippen molar-refractivity contribution in [3.8, 4) is 5.75 Å². The van der Waals surface area contributed by atoms with E-state index in [1.165, 1.54) is 17.4 Å². The van der Waals surface area contributed by atoms with Crippen molar-refractivity contribution in [2.75, 3.05) is 37.4 Å². The molecule has 3 amide bonds. The maximum Gasteiger partial charge on any atom is 0.323 e. The molecule has 12 nitrogen and oxygen atoms in total. The minimum atomic E-state index is -3.77. The highest BCUT2D eigenvalue weighted by Gasteiger charge is 2.36. The van der Waals surface area contributed by atoms with Crippen LogP contribution in [0.25, 0.3) is 0 Å². The molecule has 0 fully saturated rings. The van der Waals surface area contributed by atoms with E-state index in [1.807, 2.05) is 6.92 Å². The van der Waals surface area contributed by atoms with E-state index in [1.54, 1.807) is 55.3 Å². The van der Waals surface area contributed by atoms with Crippen molar-refractivity contribution in [3.05, 3.63) is 52.7 Å². The number of fused-ring (bicyclic) bond motifs is 1. The van der Waals surface area contributed by atoms with Crippen LogP contribution in [0.2, 0.25) is 0 Å². The van der Waals surface area contributed by atoms with Crippen LogP contribution in [-0.2, 0) is 10.0 Å². The maximum absolute atomic E-state index is 13.6. The van der Waals surface area contributed by atoms with E-state index < -0.39 is 28.2 Å². The Morgan fingerprint density at radius 1 is 1.27 bits per heavy atom. The Kier molecular flexibility index (Phi) is 8.83. The molecule has 0 aliphatic carbocycles. The molecule has 1 aliphatic heterocycles. The summed E-state index contributed by atoms with van der Waals surface area (Å²) >= 11 is 1.12. The van der Waals surface area contributed by atoms with Gasteiger partial charge in [-0.1, -0.05) is 24.2 Å². The van der Waals surface area contributed by atoms with Crippen LogP contribution in [0.15, 0.2) is 44.4 Å². The SMILES string of the molecule is Cc1noc(C)c1NC(=O)Nc1cccc2c1O[C@H](CN(C)S(=O)(=O)c1cccs1)[C@@H](C)CN([C@@H](C)CO)C2=O. The van der Waals surface area contributed by atoms with E-state index in [9.17, 15) is 23.1 Å². The molecule has 0 unspecified atom stereocenters. The summed E-state index contributed by atoms with van der Waals surface area (Å²) in [7, 11) is -2.29. The largest absolute Gasteiger partial charge is 0.486 e. The number of carbonyl (C=O) groups excluding carboxylic acids is 2. The Hall–Kier alpha value is -3.46. The van der Waals surface area contributed by atoms with Crippen molar-refractivity contribution in [2.45, 2.75) is 44.0 Å². The first kappa shape index (κ1) is 29.5. The molecule has 0 spiro atoms. The third-order valence-electron chi connectivity index (χ3n) is 6.81. The Morgan fingerprint density at radius 3 is 2.65 bits per heavy atom. The molecule has 3 atom stereocenters. The molecule has 1 aromatic carbocycles. The van der Waals surface area contributed by atoms with Crippen LogP contribution < -0.4 is 15.4 Å². The van der Waals surface area contributed by atoms with Gasteiger partial charge in [-0.15, -0.1) is 11.3 Å². The number of aliphatic hydroxyl groups is 1. The predicted molar refractivity (Wildman–Crippen MR) is 150 cm³/mol. The summed E-state index contributed by atoms with van der Waals surface area (Å²) in [6.07, 6.45) is -0.700. The molecule has 3 aromatic rings. The molecule has 3 heterocycles. The van der Waals surface area contributed by atoms with Crippen molar-refractivity contribution in [2.24, 2.45) is 5.92 Å². The van der Waals surface area contributed by atoms with Gasteiger partial charge < -0.3 is 29.9 Å². The Morgan fingerprint density at radius 2 is 2.02 bits per heavy atom. The van der Waals surface area contributed by atoms with E-state index in [-0.39, 0.29) is 52.7 Å². The summed E-state index contributed by atoms with van der Waals surface area (Å²) in [6.45, 7) is 6.89. The smallest absolute Gasteiger partial charge is 0.323 e. The maximum atomic E-state index is 13.6. The number of benzene rings is 1. The fraction of sp³-hybridized carbons (Fsp3) is 0.423. The number of urea groups is 1. The lowest BCUT2D eigenvalue weighted by Crippen LogP contribution is -2.50. The van der Waals surface area contributed by atoms with Gasteiger partial charge in [0.2, 0.25) is 0 Å². The van der Waals surface area contributed by atoms with Crippen molar-refractivity contribution in [1.82, 2.24) is 14.4 Å². The van der Waals surface area contributed by atoms with Crippen LogP contribution in [0.4, 0.5) is 16.2 Å². The summed E-state index contributed by atoms with van der Waals surface area (Å²) in [5, 5.41) is 20.8. The van der Waals surface area contributed by atoms with Gasteiger partial charge >= 0.3 is 6.03 Å². The van der Waals surface area contributed by atoms with Crippen molar-refractivity contribution in [1.29, 1.82) is 0 Å².